The van der Waals surface area contributed by atoms with E-state index in [1.165, 1.54) is 4.68 Å². The molecule has 3 aromatic rings. The molecule has 0 saturated heterocycles. The van der Waals surface area contributed by atoms with E-state index in [2.05, 4.69) is 16.5 Å². The minimum Gasteiger partial charge on any atom is -0.350 e. The second-order valence-corrected chi connectivity index (χ2v) is 7.97. The second-order valence-electron chi connectivity index (χ2n) is 7.97. The highest BCUT2D eigenvalue weighted by atomic mass is 16.2. The summed E-state index contributed by atoms with van der Waals surface area (Å²) in [4.78, 5) is 25.3. The first-order chi connectivity index (χ1) is 12.7. The van der Waals surface area contributed by atoms with E-state index in [0.717, 1.165) is 27.8 Å². The van der Waals surface area contributed by atoms with Crippen molar-refractivity contribution in [3.63, 3.8) is 0 Å². The number of nitrogens with zero attached hydrogens (tertiary/aromatic N) is 2. The summed E-state index contributed by atoms with van der Waals surface area (Å²) in [5.41, 5.74) is 3.25. The molecule has 0 fully saturated rings. The molecule has 140 valence electrons. The lowest BCUT2D eigenvalue weighted by molar-refractivity contribution is -0.123. The summed E-state index contributed by atoms with van der Waals surface area (Å²) in [6, 6.07) is 13.6. The maximum atomic E-state index is 12.9. The zero-order valence-corrected chi connectivity index (χ0v) is 16.5. The third-order valence-electron chi connectivity index (χ3n) is 4.32. The molecular weight excluding hydrogens is 338 g/mol. The first kappa shape index (κ1) is 18.8. The summed E-state index contributed by atoms with van der Waals surface area (Å²) in [5.74, 6) is -0.237. The first-order valence-corrected chi connectivity index (χ1v) is 9.04. The number of carbonyl (C=O) groups excluding carboxylic acids is 1. The van der Waals surface area contributed by atoms with Crippen molar-refractivity contribution < 1.29 is 4.79 Å². The lowest BCUT2D eigenvalue weighted by atomic mass is 9.99. The van der Waals surface area contributed by atoms with Gasteiger partial charge < -0.3 is 5.32 Å². The lowest BCUT2D eigenvalue weighted by Crippen LogP contribution is -2.44. The van der Waals surface area contributed by atoms with Crippen LogP contribution in [0.25, 0.3) is 22.0 Å². The van der Waals surface area contributed by atoms with Gasteiger partial charge in [-0.25, -0.2) is 4.68 Å². The summed E-state index contributed by atoms with van der Waals surface area (Å²) in [7, 11) is 0. The summed E-state index contributed by atoms with van der Waals surface area (Å²) < 4.78 is 1.26. The Hall–Kier alpha value is -2.95. The number of aromatic nitrogens is 2. The van der Waals surface area contributed by atoms with Crippen LogP contribution in [0.4, 0.5) is 0 Å². The number of aryl methyl sites for hydroxylation is 2. The fourth-order valence-electron chi connectivity index (χ4n) is 3.13. The molecule has 1 heterocycles. The molecule has 0 aliphatic carbocycles. The molecule has 0 unspecified atom stereocenters. The highest BCUT2D eigenvalue weighted by Crippen LogP contribution is 2.28. The van der Waals surface area contributed by atoms with Crippen molar-refractivity contribution in [2.24, 2.45) is 0 Å². The molecule has 0 aliphatic heterocycles. The number of nitrogens with one attached hydrogen (secondary N) is 1. The van der Waals surface area contributed by atoms with Crippen LogP contribution in [-0.2, 0) is 11.3 Å². The Morgan fingerprint density at radius 2 is 1.74 bits per heavy atom. The molecule has 3 rings (SSSR count). The van der Waals surface area contributed by atoms with E-state index in [0.29, 0.717) is 5.39 Å². The highest BCUT2D eigenvalue weighted by molar-refractivity contribution is 5.94. The van der Waals surface area contributed by atoms with Gasteiger partial charge in [-0.3, -0.25) is 9.59 Å². The monoisotopic (exact) mass is 363 g/mol. The number of fused-ring (bicyclic) bond motifs is 1. The topological polar surface area (TPSA) is 64.0 Å². The molecule has 0 radical (unpaired) electrons. The highest BCUT2D eigenvalue weighted by Gasteiger charge is 2.18. The van der Waals surface area contributed by atoms with Crippen molar-refractivity contribution in [3.05, 3.63) is 63.9 Å². The molecule has 1 N–H and O–H groups in total. The average Bonchev–Trinajstić information content (AvgIpc) is 2.58. The maximum absolute atomic E-state index is 12.9. The van der Waals surface area contributed by atoms with Crippen molar-refractivity contribution in [1.29, 1.82) is 0 Å². The molecule has 0 atom stereocenters. The molecule has 0 aliphatic rings. The summed E-state index contributed by atoms with van der Waals surface area (Å²) in [6.07, 6.45) is 0. The van der Waals surface area contributed by atoms with E-state index < -0.39 is 0 Å². The van der Waals surface area contributed by atoms with Gasteiger partial charge in [-0.1, -0.05) is 35.9 Å². The molecule has 1 aromatic heterocycles. The fraction of sp³-hybridized carbons (Fsp3) is 0.318. The van der Waals surface area contributed by atoms with E-state index in [1.807, 2.05) is 65.0 Å². The summed E-state index contributed by atoms with van der Waals surface area (Å²) >= 11 is 0. The predicted octanol–water partition coefficient (Wildman–Crippen LogP) is 3.60. The number of carbonyl (C=O) groups is 1. The van der Waals surface area contributed by atoms with E-state index in [-0.39, 0.29) is 23.6 Å². The lowest BCUT2D eigenvalue weighted by Gasteiger charge is -2.21. The van der Waals surface area contributed by atoms with Crippen LogP contribution in [0.1, 0.15) is 31.9 Å². The van der Waals surface area contributed by atoms with E-state index in [1.54, 1.807) is 6.07 Å². The van der Waals surface area contributed by atoms with Crippen LogP contribution in [0.3, 0.4) is 0 Å². The van der Waals surface area contributed by atoms with Crippen molar-refractivity contribution in [1.82, 2.24) is 15.1 Å². The van der Waals surface area contributed by atoms with E-state index in [4.69, 9.17) is 0 Å². The van der Waals surface area contributed by atoms with Gasteiger partial charge in [0.25, 0.3) is 5.56 Å². The van der Waals surface area contributed by atoms with Crippen LogP contribution in [0.5, 0.6) is 0 Å². The van der Waals surface area contributed by atoms with Gasteiger partial charge in [0.05, 0.1) is 11.1 Å². The molecule has 0 bridgehead atoms. The molecular formula is C22H25N3O2. The largest absolute Gasteiger partial charge is 0.350 e. The molecule has 2 aromatic carbocycles. The third kappa shape index (κ3) is 4.08. The van der Waals surface area contributed by atoms with Gasteiger partial charge in [-0.2, -0.15) is 5.10 Å². The number of hydrogen-bond acceptors (Lipinski definition) is 3. The van der Waals surface area contributed by atoms with Crippen LogP contribution in [0, 0.1) is 13.8 Å². The van der Waals surface area contributed by atoms with Crippen LogP contribution in [0.15, 0.2) is 47.3 Å². The number of amides is 1. The Bertz CT molecular complexity index is 1080. The SMILES string of the molecule is Cc1ccc(C)c(-c2nn(CC(=O)NC(C)(C)C)c(=O)c3ccccc23)c1. The van der Waals surface area contributed by atoms with Gasteiger partial charge in [0.15, 0.2) is 0 Å². The fourth-order valence-corrected chi connectivity index (χ4v) is 3.13. The molecule has 5 nitrogen and oxygen atoms in total. The summed E-state index contributed by atoms with van der Waals surface area (Å²) in [6.45, 7) is 9.65. The zero-order chi connectivity index (χ0) is 19.8. The smallest absolute Gasteiger partial charge is 0.275 e. The third-order valence-corrected chi connectivity index (χ3v) is 4.32. The average molecular weight is 363 g/mol. The Labute approximate surface area is 159 Å². The number of hydrogen-bond donors (Lipinski definition) is 1. The minimum atomic E-state index is -0.368. The van der Waals surface area contributed by atoms with E-state index >= 15 is 0 Å². The van der Waals surface area contributed by atoms with Gasteiger partial charge >= 0.3 is 0 Å². The summed E-state index contributed by atoms with van der Waals surface area (Å²) in [5, 5.41) is 8.83. The van der Waals surface area contributed by atoms with Crippen molar-refractivity contribution in [3.8, 4) is 11.3 Å². The number of benzene rings is 2. The van der Waals surface area contributed by atoms with Gasteiger partial charge in [0.2, 0.25) is 5.91 Å². The van der Waals surface area contributed by atoms with Crippen molar-refractivity contribution in [2.45, 2.75) is 46.7 Å². The zero-order valence-electron chi connectivity index (χ0n) is 16.5. The van der Waals surface area contributed by atoms with Gasteiger partial charge in [0, 0.05) is 16.5 Å². The van der Waals surface area contributed by atoms with Crippen molar-refractivity contribution in [2.75, 3.05) is 0 Å². The Balaban J connectivity index is 2.19. The molecule has 1 amide bonds. The predicted molar refractivity (Wildman–Crippen MR) is 109 cm³/mol. The van der Waals surface area contributed by atoms with Crippen LogP contribution < -0.4 is 10.9 Å². The van der Waals surface area contributed by atoms with Crippen LogP contribution in [-0.4, -0.2) is 21.2 Å². The van der Waals surface area contributed by atoms with E-state index in [9.17, 15) is 9.59 Å². The first-order valence-electron chi connectivity index (χ1n) is 9.04. The number of rotatable bonds is 3. The van der Waals surface area contributed by atoms with Crippen LogP contribution >= 0.6 is 0 Å². The Kier molecular flexibility index (Phi) is 4.87. The molecule has 0 spiro atoms. The second kappa shape index (κ2) is 6.99. The molecule has 27 heavy (non-hydrogen) atoms. The minimum absolute atomic E-state index is 0.112. The van der Waals surface area contributed by atoms with Gasteiger partial charge in [-0.05, 0) is 52.3 Å². The normalized spacial score (nSPS) is 11.6. The standard InChI is InChI=1S/C22H25N3O2/c1-14-10-11-15(2)18(12-14)20-16-8-6-7-9-17(16)21(27)25(24-20)13-19(26)23-22(3,4)5/h6-12H,13H2,1-5H3,(H,23,26). The quantitative estimate of drug-likeness (QED) is 0.773. The Morgan fingerprint density at radius 3 is 2.41 bits per heavy atom. The Morgan fingerprint density at radius 1 is 1.07 bits per heavy atom. The van der Waals surface area contributed by atoms with Gasteiger partial charge in [0.1, 0.15) is 6.54 Å². The molecule has 0 saturated carbocycles. The molecule has 5 heteroatoms. The van der Waals surface area contributed by atoms with Crippen molar-refractivity contribution >= 4 is 16.7 Å². The maximum Gasteiger partial charge on any atom is 0.275 e. The van der Waals surface area contributed by atoms with Gasteiger partial charge in [-0.15, -0.1) is 0 Å². The van der Waals surface area contributed by atoms with Crippen LogP contribution in [0.2, 0.25) is 0 Å².